The zero-order valence-electron chi connectivity index (χ0n) is 11.5. The number of thioether (sulfide) groups is 1. The summed E-state index contributed by atoms with van der Waals surface area (Å²) in [5.74, 6) is 0.525. The number of ketones is 1. The highest BCUT2D eigenvalue weighted by molar-refractivity contribution is 8.01. The maximum absolute atomic E-state index is 12.1. The van der Waals surface area contributed by atoms with Gasteiger partial charge in [0.2, 0.25) is 0 Å². The van der Waals surface area contributed by atoms with Gasteiger partial charge in [-0.15, -0.1) is 11.3 Å². The number of nitrogens with zero attached hydrogens (tertiary/aromatic N) is 1. The van der Waals surface area contributed by atoms with Crippen molar-refractivity contribution in [2.45, 2.75) is 11.3 Å². The molecule has 0 bridgehead atoms. The largest absolute Gasteiger partial charge is 0.399 e. The zero-order valence-corrected chi connectivity index (χ0v) is 13.1. The lowest BCUT2D eigenvalue weighted by Gasteiger charge is -1.99. The monoisotopic (exact) mass is 314 g/mol. The summed E-state index contributed by atoms with van der Waals surface area (Å²) < 4.78 is 1.95. The fourth-order valence-electron chi connectivity index (χ4n) is 1.93. The van der Waals surface area contributed by atoms with Gasteiger partial charge in [0, 0.05) is 11.3 Å². The van der Waals surface area contributed by atoms with Crippen molar-refractivity contribution in [2.75, 3.05) is 11.5 Å². The number of Topliss-reactive ketones (excluding diaryl/α,β-unsaturated/α-hetero) is 1. The van der Waals surface area contributed by atoms with Gasteiger partial charge in [-0.2, -0.15) is 0 Å². The molecule has 0 aliphatic carbocycles. The quantitative estimate of drug-likeness (QED) is 0.446. The Bertz CT molecular complexity index is 794. The number of hydrogen-bond donors (Lipinski definition) is 1. The van der Waals surface area contributed by atoms with Crippen LogP contribution in [-0.2, 0) is 0 Å². The summed E-state index contributed by atoms with van der Waals surface area (Å²) in [5.41, 5.74) is 9.33. The highest BCUT2D eigenvalue weighted by Gasteiger charge is 2.09. The topological polar surface area (TPSA) is 56.0 Å². The van der Waals surface area contributed by atoms with Crippen LogP contribution in [0.2, 0.25) is 0 Å². The number of fused-ring (bicyclic) bond motifs is 1. The van der Waals surface area contributed by atoms with Gasteiger partial charge in [-0.3, -0.25) is 4.79 Å². The Kier molecular flexibility index (Phi) is 3.94. The maximum atomic E-state index is 12.1. The number of nitrogens with two attached hydrogens (primary N) is 1. The maximum Gasteiger partial charge on any atom is 0.173 e. The average molecular weight is 314 g/mol. The van der Waals surface area contributed by atoms with E-state index in [-0.39, 0.29) is 5.78 Å². The molecule has 0 atom stereocenters. The van der Waals surface area contributed by atoms with Gasteiger partial charge >= 0.3 is 0 Å². The Balaban J connectivity index is 1.71. The third-order valence-electron chi connectivity index (χ3n) is 3.09. The number of hydrogen-bond acceptors (Lipinski definition) is 5. The first-order chi connectivity index (χ1) is 10.1. The van der Waals surface area contributed by atoms with Crippen molar-refractivity contribution in [3.8, 4) is 0 Å². The lowest BCUT2D eigenvalue weighted by Crippen LogP contribution is -2.01. The number of thiazole rings is 1. The van der Waals surface area contributed by atoms with Crippen LogP contribution in [0.1, 0.15) is 15.9 Å². The van der Waals surface area contributed by atoms with Crippen LogP contribution in [0.4, 0.5) is 5.69 Å². The second kappa shape index (κ2) is 5.87. The first kappa shape index (κ1) is 14.1. The average Bonchev–Trinajstić information content (AvgIpc) is 2.87. The van der Waals surface area contributed by atoms with Crippen LogP contribution in [0, 0.1) is 6.92 Å². The van der Waals surface area contributed by atoms with E-state index in [1.54, 1.807) is 11.3 Å². The minimum absolute atomic E-state index is 0.124. The predicted molar refractivity (Wildman–Crippen MR) is 90.3 cm³/mol. The number of carbonyl (C=O) groups excluding carboxylic acids is 1. The van der Waals surface area contributed by atoms with Gasteiger partial charge in [-0.25, -0.2) is 4.98 Å². The van der Waals surface area contributed by atoms with Crippen LogP contribution in [0.25, 0.3) is 10.2 Å². The number of carbonyl (C=O) groups is 1. The number of anilines is 1. The first-order valence-corrected chi connectivity index (χ1v) is 8.31. The molecule has 3 aromatic rings. The summed E-state index contributed by atoms with van der Waals surface area (Å²) in [7, 11) is 0. The summed E-state index contributed by atoms with van der Waals surface area (Å²) in [4.78, 5) is 16.6. The Morgan fingerprint density at radius 3 is 2.76 bits per heavy atom. The number of aromatic nitrogens is 1. The van der Waals surface area contributed by atoms with Crippen LogP contribution in [0.15, 0.2) is 46.8 Å². The van der Waals surface area contributed by atoms with Crippen molar-refractivity contribution in [3.63, 3.8) is 0 Å². The lowest BCUT2D eigenvalue weighted by molar-refractivity contribution is 0.102. The minimum Gasteiger partial charge on any atom is -0.399 e. The van der Waals surface area contributed by atoms with E-state index in [1.807, 2.05) is 49.4 Å². The molecule has 0 unspecified atom stereocenters. The van der Waals surface area contributed by atoms with Crippen molar-refractivity contribution < 1.29 is 4.79 Å². The Morgan fingerprint density at radius 2 is 2.00 bits per heavy atom. The number of aryl methyl sites for hydroxylation is 1. The fraction of sp³-hybridized carbons (Fsp3) is 0.125. The van der Waals surface area contributed by atoms with Crippen LogP contribution in [0.5, 0.6) is 0 Å². The molecule has 1 heterocycles. The molecule has 0 spiro atoms. The van der Waals surface area contributed by atoms with Crippen LogP contribution >= 0.6 is 23.1 Å². The highest BCUT2D eigenvalue weighted by Crippen LogP contribution is 2.31. The number of rotatable bonds is 4. The van der Waals surface area contributed by atoms with Crippen LogP contribution in [-0.4, -0.2) is 16.5 Å². The Morgan fingerprint density at radius 1 is 1.24 bits per heavy atom. The second-order valence-electron chi connectivity index (χ2n) is 4.78. The SMILES string of the molecule is Cc1ccc(C(=O)CSc2nc3ccc(N)cc3s2)cc1. The normalized spacial score (nSPS) is 10.9. The smallest absolute Gasteiger partial charge is 0.173 e. The fourth-order valence-corrected chi connectivity index (χ4v) is 3.94. The molecular weight excluding hydrogens is 300 g/mol. The van der Waals surface area contributed by atoms with Gasteiger partial charge in [0.1, 0.15) is 0 Å². The van der Waals surface area contributed by atoms with Gasteiger partial charge in [-0.05, 0) is 25.1 Å². The summed E-state index contributed by atoms with van der Waals surface area (Å²) in [6.07, 6.45) is 0. The molecular formula is C16H14N2OS2. The van der Waals surface area contributed by atoms with Gasteiger partial charge < -0.3 is 5.73 Å². The molecule has 2 aromatic carbocycles. The Labute approximate surface area is 131 Å². The molecule has 3 nitrogen and oxygen atoms in total. The van der Waals surface area contributed by atoms with Gasteiger partial charge in [0.05, 0.1) is 16.0 Å². The molecule has 0 amide bonds. The molecule has 21 heavy (non-hydrogen) atoms. The molecule has 0 fully saturated rings. The van der Waals surface area contributed by atoms with E-state index >= 15 is 0 Å². The standard InChI is InChI=1S/C16H14N2OS2/c1-10-2-4-11(5-3-10)14(19)9-20-16-18-13-7-6-12(17)8-15(13)21-16/h2-8H,9,17H2,1H3. The van der Waals surface area contributed by atoms with Crippen LogP contribution in [0.3, 0.4) is 0 Å². The van der Waals surface area contributed by atoms with Crippen molar-refractivity contribution in [3.05, 3.63) is 53.6 Å². The zero-order chi connectivity index (χ0) is 14.8. The first-order valence-electron chi connectivity index (χ1n) is 6.50. The minimum atomic E-state index is 0.124. The number of benzene rings is 2. The van der Waals surface area contributed by atoms with Crippen molar-refractivity contribution in [2.24, 2.45) is 0 Å². The molecule has 0 saturated heterocycles. The third-order valence-corrected chi connectivity index (χ3v) is 5.25. The van der Waals surface area contributed by atoms with E-state index in [2.05, 4.69) is 4.98 Å². The van der Waals surface area contributed by atoms with E-state index in [0.29, 0.717) is 5.75 Å². The molecule has 0 aliphatic heterocycles. The molecule has 0 saturated carbocycles. The lowest BCUT2D eigenvalue weighted by atomic mass is 10.1. The Hall–Kier alpha value is -1.85. The van der Waals surface area contributed by atoms with E-state index in [0.717, 1.165) is 31.4 Å². The molecule has 2 N–H and O–H groups in total. The van der Waals surface area contributed by atoms with Crippen molar-refractivity contribution in [1.82, 2.24) is 4.98 Å². The van der Waals surface area contributed by atoms with Gasteiger partial charge in [0.15, 0.2) is 10.1 Å². The molecule has 5 heteroatoms. The molecule has 1 aromatic heterocycles. The van der Waals surface area contributed by atoms with E-state index in [9.17, 15) is 4.79 Å². The number of nitrogen functional groups attached to an aromatic ring is 1. The highest BCUT2D eigenvalue weighted by atomic mass is 32.2. The molecule has 3 rings (SSSR count). The van der Waals surface area contributed by atoms with E-state index < -0.39 is 0 Å². The van der Waals surface area contributed by atoms with Crippen molar-refractivity contribution >= 4 is 44.8 Å². The summed E-state index contributed by atoms with van der Waals surface area (Å²) in [5, 5.41) is 0. The molecule has 106 valence electrons. The van der Waals surface area contributed by atoms with Gasteiger partial charge in [0.25, 0.3) is 0 Å². The molecule has 0 radical (unpaired) electrons. The summed E-state index contributed by atoms with van der Waals surface area (Å²) in [6.45, 7) is 2.01. The molecule has 0 aliphatic rings. The second-order valence-corrected chi connectivity index (χ2v) is 7.04. The van der Waals surface area contributed by atoms with E-state index in [4.69, 9.17) is 5.73 Å². The van der Waals surface area contributed by atoms with Gasteiger partial charge in [-0.1, -0.05) is 41.6 Å². The van der Waals surface area contributed by atoms with Crippen molar-refractivity contribution in [1.29, 1.82) is 0 Å². The summed E-state index contributed by atoms with van der Waals surface area (Å²) >= 11 is 3.05. The predicted octanol–water partition coefficient (Wildman–Crippen LogP) is 4.16. The third kappa shape index (κ3) is 3.25. The van der Waals surface area contributed by atoms with E-state index in [1.165, 1.54) is 11.8 Å². The summed E-state index contributed by atoms with van der Waals surface area (Å²) in [6, 6.07) is 13.3. The van der Waals surface area contributed by atoms with Crippen LogP contribution < -0.4 is 5.73 Å².